The number of hydrogen-bond donors (Lipinski definition) is 1. The van der Waals surface area contributed by atoms with Crippen LogP contribution in [-0.2, 0) is 16.0 Å². The summed E-state index contributed by atoms with van der Waals surface area (Å²) in [6.07, 6.45) is 3.94. The van der Waals surface area contributed by atoms with Gasteiger partial charge in [-0.3, -0.25) is 4.68 Å². The average molecular weight is 274 g/mol. The monoisotopic (exact) mass is 273 g/mol. The molecule has 1 fully saturated rings. The van der Waals surface area contributed by atoms with Crippen LogP contribution in [0, 0.1) is 0 Å². The number of methoxy groups -OCH3 is 1. The number of ether oxygens (including phenoxy) is 2. The molecule has 0 saturated carbocycles. The van der Waals surface area contributed by atoms with Crippen LogP contribution in [0.1, 0.15) is 31.5 Å². The van der Waals surface area contributed by atoms with Crippen molar-refractivity contribution >= 4 is 11.6 Å². The number of aromatic nitrogens is 2. The summed E-state index contributed by atoms with van der Waals surface area (Å²) in [5.74, 6) is 0. The number of hydrogen-bond acceptors (Lipinski definition) is 4. The molecule has 5 nitrogen and oxygen atoms in total. The van der Waals surface area contributed by atoms with Crippen LogP contribution >= 0.6 is 11.6 Å². The maximum atomic E-state index is 6.27. The summed E-state index contributed by atoms with van der Waals surface area (Å²) in [5, 5.41) is 4.83. The number of nitrogens with two attached hydrogens (primary N) is 1. The predicted octanol–water partition coefficient (Wildman–Crippen LogP) is 1.75. The Morgan fingerprint density at radius 2 is 2.44 bits per heavy atom. The van der Waals surface area contributed by atoms with Crippen LogP contribution in [0.25, 0.3) is 0 Å². The number of nitrogens with zero attached hydrogens (tertiary/aromatic N) is 2. The third kappa shape index (κ3) is 2.85. The van der Waals surface area contributed by atoms with Gasteiger partial charge in [0, 0.05) is 7.11 Å². The molecule has 102 valence electrons. The first-order chi connectivity index (χ1) is 8.63. The van der Waals surface area contributed by atoms with E-state index in [9.17, 15) is 0 Å². The summed E-state index contributed by atoms with van der Waals surface area (Å²) in [7, 11) is 1.66. The molecule has 0 radical (unpaired) electrons. The molecule has 6 heteroatoms. The average Bonchev–Trinajstić information content (AvgIpc) is 2.92. The zero-order valence-corrected chi connectivity index (χ0v) is 11.6. The van der Waals surface area contributed by atoms with E-state index in [1.807, 2.05) is 4.68 Å². The highest BCUT2D eigenvalue weighted by Crippen LogP contribution is 2.31. The van der Waals surface area contributed by atoms with Gasteiger partial charge in [-0.05, 0) is 19.8 Å². The van der Waals surface area contributed by atoms with Crippen molar-refractivity contribution < 1.29 is 9.47 Å². The Labute approximate surface area is 112 Å². The Kier molecular flexibility index (Phi) is 4.61. The summed E-state index contributed by atoms with van der Waals surface area (Å²) in [4.78, 5) is 0. The van der Waals surface area contributed by atoms with Gasteiger partial charge in [-0.25, -0.2) is 0 Å². The number of rotatable bonds is 5. The first-order valence-corrected chi connectivity index (χ1v) is 6.62. The van der Waals surface area contributed by atoms with Gasteiger partial charge in [0.25, 0.3) is 0 Å². The van der Waals surface area contributed by atoms with E-state index in [1.54, 1.807) is 13.3 Å². The second-order valence-electron chi connectivity index (χ2n) is 4.68. The Morgan fingerprint density at radius 3 is 3.06 bits per heavy atom. The maximum Gasteiger partial charge on any atom is 0.0835 e. The molecular formula is C12H20ClN3O2. The van der Waals surface area contributed by atoms with E-state index in [0.29, 0.717) is 18.2 Å². The fraction of sp³-hybridized carbons (Fsp3) is 0.750. The molecular weight excluding hydrogens is 254 g/mol. The Balaban J connectivity index is 2.13. The molecule has 0 aromatic carbocycles. The second kappa shape index (κ2) is 6.02. The van der Waals surface area contributed by atoms with Crippen LogP contribution in [0.4, 0.5) is 0 Å². The molecule has 1 aromatic heterocycles. The Hall–Kier alpha value is -0.620. The molecule has 0 aliphatic carbocycles. The molecule has 2 heterocycles. The standard InChI is InChI=1S/C12H20ClN3O2/c1-8-3-4-10(18-8)11(14)12-9(13)7-15-16(12)5-6-17-2/h7-8,10-11H,3-6,14H2,1-2H3. The van der Waals surface area contributed by atoms with E-state index < -0.39 is 0 Å². The molecule has 1 aliphatic heterocycles. The molecule has 1 aromatic rings. The van der Waals surface area contributed by atoms with Gasteiger partial charge in [-0.1, -0.05) is 11.6 Å². The minimum atomic E-state index is -0.234. The van der Waals surface area contributed by atoms with E-state index >= 15 is 0 Å². The molecule has 0 amide bonds. The van der Waals surface area contributed by atoms with Gasteiger partial charge in [0.05, 0.1) is 48.3 Å². The summed E-state index contributed by atoms with van der Waals surface area (Å²) >= 11 is 6.17. The van der Waals surface area contributed by atoms with E-state index in [-0.39, 0.29) is 18.2 Å². The molecule has 3 unspecified atom stereocenters. The van der Waals surface area contributed by atoms with Crippen LogP contribution in [0.3, 0.4) is 0 Å². The Bertz CT molecular complexity index is 397. The van der Waals surface area contributed by atoms with Gasteiger partial charge in [0.1, 0.15) is 0 Å². The quantitative estimate of drug-likeness (QED) is 0.888. The molecule has 18 heavy (non-hydrogen) atoms. The minimum Gasteiger partial charge on any atom is -0.383 e. The first kappa shape index (κ1) is 13.8. The van der Waals surface area contributed by atoms with Gasteiger partial charge >= 0.3 is 0 Å². The van der Waals surface area contributed by atoms with Gasteiger partial charge in [0.15, 0.2) is 0 Å². The fourth-order valence-corrected chi connectivity index (χ4v) is 2.60. The highest BCUT2D eigenvalue weighted by Gasteiger charge is 2.31. The summed E-state index contributed by atoms with van der Waals surface area (Å²) in [6, 6.07) is -0.234. The van der Waals surface area contributed by atoms with Gasteiger partial charge in [-0.15, -0.1) is 0 Å². The van der Waals surface area contributed by atoms with Crippen molar-refractivity contribution in [1.29, 1.82) is 0 Å². The lowest BCUT2D eigenvalue weighted by molar-refractivity contribution is 0.0381. The predicted molar refractivity (Wildman–Crippen MR) is 69.6 cm³/mol. The highest BCUT2D eigenvalue weighted by molar-refractivity contribution is 6.31. The van der Waals surface area contributed by atoms with Crippen molar-refractivity contribution in [3.05, 3.63) is 16.9 Å². The van der Waals surface area contributed by atoms with Crippen LogP contribution in [0.2, 0.25) is 5.02 Å². The largest absolute Gasteiger partial charge is 0.383 e. The minimum absolute atomic E-state index is 0.0236. The van der Waals surface area contributed by atoms with Crippen molar-refractivity contribution in [2.75, 3.05) is 13.7 Å². The molecule has 0 bridgehead atoms. The van der Waals surface area contributed by atoms with Crippen molar-refractivity contribution in [2.24, 2.45) is 5.73 Å². The van der Waals surface area contributed by atoms with Crippen molar-refractivity contribution in [2.45, 2.75) is 44.6 Å². The van der Waals surface area contributed by atoms with Crippen LogP contribution in [-0.4, -0.2) is 35.7 Å². The van der Waals surface area contributed by atoms with Crippen LogP contribution in [0.5, 0.6) is 0 Å². The maximum absolute atomic E-state index is 6.27. The summed E-state index contributed by atoms with van der Waals surface area (Å²) in [5.41, 5.74) is 7.11. The van der Waals surface area contributed by atoms with Crippen molar-refractivity contribution in [1.82, 2.24) is 9.78 Å². The summed E-state index contributed by atoms with van der Waals surface area (Å²) < 4.78 is 12.7. The van der Waals surface area contributed by atoms with Crippen LogP contribution < -0.4 is 5.73 Å². The smallest absolute Gasteiger partial charge is 0.0835 e. The topological polar surface area (TPSA) is 62.3 Å². The van der Waals surface area contributed by atoms with Crippen molar-refractivity contribution in [3.63, 3.8) is 0 Å². The lowest BCUT2D eigenvalue weighted by atomic mass is 10.1. The van der Waals surface area contributed by atoms with Crippen molar-refractivity contribution in [3.8, 4) is 0 Å². The van der Waals surface area contributed by atoms with Crippen LogP contribution in [0.15, 0.2) is 6.20 Å². The third-order valence-corrected chi connectivity index (χ3v) is 3.61. The van der Waals surface area contributed by atoms with Gasteiger partial charge in [-0.2, -0.15) is 5.10 Å². The molecule has 1 saturated heterocycles. The first-order valence-electron chi connectivity index (χ1n) is 6.24. The molecule has 0 spiro atoms. The zero-order valence-electron chi connectivity index (χ0n) is 10.8. The summed E-state index contributed by atoms with van der Waals surface area (Å²) in [6.45, 7) is 3.30. The Morgan fingerprint density at radius 1 is 1.67 bits per heavy atom. The molecule has 2 N–H and O–H groups in total. The normalized spacial score (nSPS) is 25.6. The SMILES string of the molecule is COCCn1ncc(Cl)c1C(N)C1CCC(C)O1. The lowest BCUT2D eigenvalue weighted by Gasteiger charge is -2.21. The van der Waals surface area contributed by atoms with E-state index in [4.69, 9.17) is 26.8 Å². The van der Waals surface area contributed by atoms with E-state index in [2.05, 4.69) is 12.0 Å². The molecule has 2 rings (SSSR count). The zero-order chi connectivity index (χ0) is 13.1. The van der Waals surface area contributed by atoms with Gasteiger partial charge < -0.3 is 15.2 Å². The molecule has 1 aliphatic rings. The van der Waals surface area contributed by atoms with E-state index in [0.717, 1.165) is 18.5 Å². The molecule has 3 atom stereocenters. The second-order valence-corrected chi connectivity index (χ2v) is 5.09. The van der Waals surface area contributed by atoms with Gasteiger partial charge in [0.2, 0.25) is 0 Å². The van der Waals surface area contributed by atoms with E-state index in [1.165, 1.54) is 0 Å². The lowest BCUT2D eigenvalue weighted by Crippen LogP contribution is -2.29. The number of halogens is 1. The third-order valence-electron chi connectivity index (χ3n) is 3.32. The fourth-order valence-electron chi connectivity index (χ4n) is 2.33. The highest BCUT2D eigenvalue weighted by atomic mass is 35.5.